The van der Waals surface area contributed by atoms with Crippen molar-refractivity contribution in [3.8, 4) is 5.75 Å². The zero-order valence-electron chi connectivity index (χ0n) is 11.7. The molecule has 0 spiro atoms. The number of ether oxygens (including phenoxy) is 1. The average molecular weight is 372 g/mol. The number of amides is 1. The van der Waals surface area contributed by atoms with Crippen molar-refractivity contribution >= 4 is 33.2 Å². The van der Waals surface area contributed by atoms with E-state index in [0.717, 1.165) is 4.88 Å². The normalized spacial score (nSPS) is 10.5. The van der Waals surface area contributed by atoms with E-state index in [1.807, 2.05) is 18.4 Å². The number of likely N-dealkylation sites (N-methyl/N-ethyl adjacent to an activating group) is 1. The molecule has 21 heavy (non-hydrogen) atoms. The van der Waals surface area contributed by atoms with Gasteiger partial charge in [0.15, 0.2) is 18.2 Å². The molecule has 1 heterocycles. The van der Waals surface area contributed by atoms with Crippen molar-refractivity contribution in [1.29, 1.82) is 0 Å². The van der Waals surface area contributed by atoms with Gasteiger partial charge in [0.1, 0.15) is 0 Å². The van der Waals surface area contributed by atoms with Crippen LogP contribution in [-0.4, -0.2) is 24.5 Å². The van der Waals surface area contributed by atoms with Crippen molar-refractivity contribution in [1.82, 2.24) is 4.90 Å². The molecule has 0 aliphatic carbocycles. The Balaban J connectivity index is 1.90. The van der Waals surface area contributed by atoms with Gasteiger partial charge in [-0.25, -0.2) is 4.39 Å². The van der Waals surface area contributed by atoms with Crippen LogP contribution in [-0.2, 0) is 11.3 Å². The molecule has 0 radical (unpaired) electrons. The van der Waals surface area contributed by atoms with Gasteiger partial charge in [-0.15, -0.1) is 11.3 Å². The zero-order valence-corrected chi connectivity index (χ0v) is 14.1. The average Bonchev–Trinajstić information content (AvgIpc) is 2.83. The van der Waals surface area contributed by atoms with Gasteiger partial charge < -0.3 is 9.64 Å². The third-order valence-corrected chi connectivity index (χ3v) is 4.52. The number of thiophene rings is 1. The fourth-order valence-corrected chi connectivity index (χ4v) is 3.00. The van der Waals surface area contributed by atoms with Crippen LogP contribution in [0.1, 0.15) is 10.4 Å². The van der Waals surface area contributed by atoms with E-state index in [0.29, 0.717) is 11.0 Å². The molecule has 0 saturated carbocycles. The quantitative estimate of drug-likeness (QED) is 0.794. The first kappa shape index (κ1) is 16.0. The predicted molar refractivity (Wildman–Crippen MR) is 85.1 cm³/mol. The van der Waals surface area contributed by atoms with Crippen LogP contribution in [0.5, 0.6) is 5.75 Å². The smallest absolute Gasteiger partial charge is 0.260 e. The molecule has 0 fully saturated rings. The second-order valence-electron chi connectivity index (χ2n) is 4.64. The fourth-order valence-electron chi connectivity index (χ4n) is 1.71. The summed E-state index contributed by atoms with van der Waals surface area (Å²) in [5.74, 6) is -0.605. The van der Waals surface area contributed by atoms with Crippen LogP contribution in [0.25, 0.3) is 0 Å². The largest absolute Gasteiger partial charge is 0.481 e. The van der Waals surface area contributed by atoms with E-state index in [9.17, 15) is 9.18 Å². The van der Waals surface area contributed by atoms with Crippen LogP contribution in [0.15, 0.2) is 34.1 Å². The number of nitrogens with zero attached hydrogens (tertiary/aromatic N) is 1. The van der Waals surface area contributed by atoms with Gasteiger partial charge in [-0.3, -0.25) is 4.79 Å². The second-order valence-corrected chi connectivity index (χ2v) is 6.56. The summed E-state index contributed by atoms with van der Waals surface area (Å²) in [7, 11) is 1.71. The maximum atomic E-state index is 13.6. The highest BCUT2D eigenvalue weighted by Gasteiger charge is 2.13. The van der Waals surface area contributed by atoms with Gasteiger partial charge in [-0.05, 0) is 42.1 Å². The standard InChI is InChI=1S/C15H15BrFNO2S/c1-10-5-6-21-14(10)8-18(2)15(19)9-20-13-4-3-11(16)7-12(13)17/h3-7H,8-9H2,1-2H3. The van der Waals surface area contributed by atoms with Crippen LogP contribution in [0.4, 0.5) is 4.39 Å². The number of benzene rings is 1. The highest BCUT2D eigenvalue weighted by atomic mass is 79.9. The zero-order chi connectivity index (χ0) is 15.4. The first-order valence-electron chi connectivity index (χ1n) is 6.32. The molecule has 0 aliphatic rings. The molecule has 112 valence electrons. The van der Waals surface area contributed by atoms with Crippen molar-refractivity contribution in [2.45, 2.75) is 13.5 Å². The molecule has 1 amide bonds. The number of carbonyl (C=O) groups is 1. The number of hydrogen-bond acceptors (Lipinski definition) is 3. The molecule has 0 saturated heterocycles. The van der Waals surface area contributed by atoms with Crippen molar-refractivity contribution in [3.05, 3.63) is 50.4 Å². The van der Waals surface area contributed by atoms with E-state index < -0.39 is 5.82 Å². The molecule has 6 heteroatoms. The Bertz CT molecular complexity index is 644. The number of rotatable bonds is 5. The Morgan fingerprint density at radius 1 is 1.43 bits per heavy atom. The molecule has 0 N–H and O–H groups in total. The van der Waals surface area contributed by atoms with Gasteiger partial charge in [0.2, 0.25) is 0 Å². The molecule has 0 unspecified atom stereocenters. The molecular weight excluding hydrogens is 357 g/mol. The van der Waals surface area contributed by atoms with Crippen LogP contribution >= 0.6 is 27.3 Å². The number of hydrogen-bond donors (Lipinski definition) is 0. The summed E-state index contributed by atoms with van der Waals surface area (Å²) in [5, 5.41) is 2.00. The monoisotopic (exact) mass is 371 g/mol. The Labute approximate surface area is 135 Å². The van der Waals surface area contributed by atoms with Gasteiger partial charge in [-0.1, -0.05) is 15.9 Å². The summed E-state index contributed by atoms with van der Waals surface area (Å²) in [6.07, 6.45) is 0. The van der Waals surface area contributed by atoms with E-state index in [1.165, 1.54) is 17.7 Å². The van der Waals surface area contributed by atoms with Crippen LogP contribution in [0.3, 0.4) is 0 Å². The lowest BCUT2D eigenvalue weighted by atomic mass is 10.3. The lowest BCUT2D eigenvalue weighted by molar-refractivity contribution is -0.132. The lowest BCUT2D eigenvalue weighted by Crippen LogP contribution is -2.31. The van der Waals surface area contributed by atoms with Gasteiger partial charge in [0, 0.05) is 16.4 Å². The topological polar surface area (TPSA) is 29.5 Å². The molecule has 2 rings (SSSR count). The highest BCUT2D eigenvalue weighted by Crippen LogP contribution is 2.21. The maximum absolute atomic E-state index is 13.6. The van der Waals surface area contributed by atoms with Crippen molar-refractivity contribution < 1.29 is 13.9 Å². The van der Waals surface area contributed by atoms with E-state index in [1.54, 1.807) is 29.4 Å². The minimum atomic E-state index is -0.492. The van der Waals surface area contributed by atoms with Crippen molar-refractivity contribution in [3.63, 3.8) is 0 Å². The first-order valence-corrected chi connectivity index (χ1v) is 7.99. The molecule has 0 atom stereocenters. The van der Waals surface area contributed by atoms with Crippen LogP contribution < -0.4 is 4.74 Å². The van der Waals surface area contributed by atoms with Gasteiger partial charge in [0.05, 0.1) is 6.54 Å². The van der Waals surface area contributed by atoms with Gasteiger partial charge >= 0.3 is 0 Å². The summed E-state index contributed by atoms with van der Waals surface area (Å²) < 4.78 is 19.5. The molecule has 1 aromatic heterocycles. The van der Waals surface area contributed by atoms with Crippen molar-refractivity contribution in [2.75, 3.05) is 13.7 Å². The number of aryl methyl sites for hydroxylation is 1. The molecule has 2 aromatic rings. The van der Waals surface area contributed by atoms with Crippen molar-refractivity contribution in [2.24, 2.45) is 0 Å². The Hall–Kier alpha value is -1.40. The number of halogens is 2. The third kappa shape index (κ3) is 4.28. The lowest BCUT2D eigenvalue weighted by Gasteiger charge is -2.17. The maximum Gasteiger partial charge on any atom is 0.260 e. The SMILES string of the molecule is Cc1ccsc1CN(C)C(=O)COc1ccc(Br)cc1F. The molecule has 0 bridgehead atoms. The second kappa shape index (κ2) is 7.04. The van der Waals surface area contributed by atoms with Crippen LogP contribution in [0, 0.1) is 12.7 Å². The predicted octanol–water partition coefficient (Wildman–Crippen LogP) is 4.00. The van der Waals surface area contributed by atoms with E-state index >= 15 is 0 Å². The third-order valence-electron chi connectivity index (χ3n) is 3.02. The summed E-state index contributed by atoms with van der Waals surface area (Å²) in [5.41, 5.74) is 1.17. The molecule has 1 aromatic carbocycles. The molecular formula is C15H15BrFNO2S. The fraction of sp³-hybridized carbons (Fsp3) is 0.267. The Morgan fingerprint density at radius 3 is 2.81 bits per heavy atom. The highest BCUT2D eigenvalue weighted by molar-refractivity contribution is 9.10. The Morgan fingerprint density at radius 2 is 2.19 bits per heavy atom. The molecule has 0 aliphatic heterocycles. The summed E-state index contributed by atoms with van der Waals surface area (Å²) in [6, 6.07) is 6.49. The summed E-state index contributed by atoms with van der Waals surface area (Å²) in [4.78, 5) is 14.7. The Kier molecular flexibility index (Phi) is 5.36. The van der Waals surface area contributed by atoms with E-state index in [2.05, 4.69) is 15.9 Å². The van der Waals surface area contributed by atoms with Crippen LogP contribution in [0.2, 0.25) is 0 Å². The summed E-state index contributed by atoms with van der Waals surface area (Å²) >= 11 is 4.78. The van der Waals surface area contributed by atoms with Gasteiger partial charge in [-0.2, -0.15) is 0 Å². The van der Waals surface area contributed by atoms with E-state index in [-0.39, 0.29) is 18.3 Å². The summed E-state index contributed by atoms with van der Waals surface area (Å²) in [6.45, 7) is 2.37. The number of carbonyl (C=O) groups excluding carboxylic acids is 1. The first-order chi connectivity index (χ1) is 9.97. The minimum Gasteiger partial charge on any atom is -0.481 e. The minimum absolute atomic E-state index is 0.0762. The van der Waals surface area contributed by atoms with Gasteiger partial charge in [0.25, 0.3) is 5.91 Å². The van der Waals surface area contributed by atoms with E-state index in [4.69, 9.17) is 4.74 Å². The molecule has 3 nitrogen and oxygen atoms in total.